The molecule has 1 amide bonds. The molecule has 7 heteroatoms. The van der Waals surface area contributed by atoms with Gasteiger partial charge in [-0.2, -0.15) is 13.2 Å². The maximum Gasteiger partial charge on any atom is 0.416 e. The number of hydrogen-bond acceptors (Lipinski definition) is 2. The van der Waals surface area contributed by atoms with Crippen molar-refractivity contribution >= 4 is 18.3 Å². The average molecular weight is 351 g/mol. The van der Waals surface area contributed by atoms with Crippen molar-refractivity contribution < 1.29 is 18.0 Å². The van der Waals surface area contributed by atoms with Crippen molar-refractivity contribution in [2.75, 3.05) is 13.1 Å². The van der Waals surface area contributed by atoms with Crippen molar-refractivity contribution in [3.8, 4) is 0 Å². The molecule has 0 saturated carbocycles. The second-order valence-electron chi connectivity index (χ2n) is 5.87. The van der Waals surface area contributed by atoms with E-state index in [1.54, 1.807) is 17.9 Å². The average Bonchev–Trinajstić information content (AvgIpc) is 2.94. The number of halogens is 4. The summed E-state index contributed by atoms with van der Waals surface area (Å²) in [6.45, 7) is 2.88. The van der Waals surface area contributed by atoms with Crippen molar-refractivity contribution in [3.63, 3.8) is 0 Å². The van der Waals surface area contributed by atoms with Crippen LogP contribution in [0.25, 0.3) is 0 Å². The molecule has 1 aliphatic rings. The summed E-state index contributed by atoms with van der Waals surface area (Å²) in [4.78, 5) is 14.2. The summed E-state index contributed by atoms with van der Waals surface area (Å²) in [6.07, 6.45) is -2.22. The first-order chi connectivity index (χ1) is 10.3. The molecule has 0 radical (unpaired) electrons. The third kappa shape index (κ3) is 4.85. The Morgan fingerprint density at radius 3 is 2.74 bits per heavy atom. The van der Waals surface area contributed by atoms with Crippen LogP contribution in [0, 0.1) is 5.92 Å². The van der Waals surface area contributed by atoms with Crippen molar-refractivity contribution in [2.45, 2.75) is 38.4 Å². The summed E-state index contributed by atoms with van der Waals surface area (Å²) >= 11 is 0. The monoisotopic (exact) mass is 350 g/mol. The molecule has 130 valence electrons. The van der Waals surface area contributed by atoms with Crippen LogP contribution in [0.2, 0.25) is 0 Å². The normalized spacial score (nSPS) is 19.3. The molecular weight excluding hydrogens is 329 g/mol. The van der Waals surface area contributed by atoms with Crippen LogP contribution in [0.4, 0.5) is 13.2 Å². The SMILES string of the molecule is CC(Cc1cccc(C(F)(F)F)c1)C(=O)N1CCCC1CN.Cl. The quantitative estimate of drug-likeness (QED) is 0.906. The molecule has 0 bridgehead atoms. The van der Waals surface area contributed by atoms with E-state index in [0.29, 0.717) is 25.1 Å². The Hall–Kier alpha value is -1.27. The second-order valence-corrected chi connectivity index (χ2v) is 5.87. The Balaban J connectivity index is 0.00000264. The molecule has 1 aliphatic heterocycles. The predicted octanol–water partition coefficient (Wildman–Crippen LogP) is 3.26. The van der Waals surface area contributed by atoms with Crippen LogP contribution in [0.1, 0.15) is 30.9 Å². The van der Waals surface area contributed by atoms with E-state index in [0.717, 1.165) is 25.0 Å². The Kier molecular flexibility index (Phi) is 6.89. The second kappa shape index (κ2) is 8.02. The van der Waals surface area contributed by atoms with Gasteiger partial charge in [-0.1, -0.05) is 25.1 Å². The molecule has 2 rings (SSSR count). The molecule has 2 atom stereocenters. The number of rotatable bonds is 4. The minimum Gasteiger partial charge on any atom is -0.338 e. The minimum absolute atomic E-state index is 0. The molecule has 1 heterocycles. The first-order valence-corrected chi connectivity index (χ1v) is 7.49. The summed E-state index contributed by atoms with van der Waals surface area (Å²) in [5.74, 6) is -0.374. The van der Waals surface area contributed by atoms with Crippen LogP contribution in [0.5, 0.6) is 0 Å². The molecule has 0 aliphatic carbocycles. The molecule has 1 aromatic rings. The molecule has 1 aromatic carbocycles. The number of hydrogen-bond donors (Lipinski definition) is 1. The Morgan fingerprint density at radius 2 is 2.13 bits per heavy atom. The van der Waals surface area contributed by atoms with Gasteiger partial charge >= 0.3 is 6.18 Å². The lowest BCUT2D eigenvalue weighted by Crippen LogP contribution is -2.42. The molecule has 3 nitrogen and oxygen atoms in total. The summed E-state index contributed by atoms with van der Waals surface area (Å²) in [5, 5.41) is 0. The minimum atomic E-state index is -4.36. The first-order valence-electron chi connectivity index (χ1n) is 7.49. The van der Waals surface area contributed by atoms with E-state index in [-0.39, 0.29) is 30.3 Å². The van der Waals surface area contributed by atoms with E-state index >= 15 is 0 Å². The first kappa shape index (κ1) is 19.8. The van der Waals surface area contributed by atoms with Gasteiger partial charge in [0.1, 0.15) is 0 Å². The zero-order valence-corrected chi connectivity index (χ0v) is 13.8. The lowest BCUT2D eigenvalue weighted by atomic mass is 9.98. The molecule has 2 unspecified atom stereocenters. The highest BCUT2D eigenvalue weighted by molar-refractivity contribution is 5.85. The molecule has 1 saturated heterocycles. The van der Waals surface area contributed by atoms with Gasteiger partial charge in [-0.05, 0) is 30.9 Å². The predicted molar refractivity (Wildman–Crippen MR) is 85.3 cm³/mol. The molecule has 1 fully saturated rings. The van der Waals surface area contributed by atoms with Crippen LogP contribution in [0.15, 0.2) is 24.3 Å². The summed E-state index contributed by atoms with van der Waals surface area (Å²) < 4.78 is 38.2. The number of alkyl halides is 3. The van der Waals surface area contributed by atoms with E-state index in [1.807, 2.05) is 0 Å². The van der Waals surface area contributed by atoms with Crippen LogP contribution in [0.3, 0.4) is 0 Å². The molecule has 23 heavy (non-hydrogen) atoms. The highest BCUT2D eigenvalue weighted by atomic mass is 35.5. The fourth-order valence-corrected chi connectivity index (χ4v) is 2.97. The Bertz CT molecular complexity index is 536. The zero-order valence-electron chi connectivity index (χ0n) is 13.0. The van der Waals surface area contributed by atoms with Crippen molar-refractivity contribution in [2.24, 2.45) is 11.7 Å². The van der Waals surface area contributed by atoms with Crippen LogP contribution in [-0.4, -0.2) is 29.9 Å². The van der Waals surface area contributed by atoms with Crippen LogP contribution >= 0.6 is 12.4 Å². The number of carbonyl (C=O) groups excluding carboxylic acids is 1. The number of benzene rings is 1. The molecular formula is C16H22ClF3N2O. The highest BCUT2D eigenvalue weighted by Crippen LogP contribution is 2.30. The molecule has 2 N–H and O–H groups in total. The van der Waals surface area contributed by atoms with E-state index in [9.17, 15) is 18.0 Å². The smallest absolute Gasteiger partial charge is 0.338 e. The fourth-order valence-electron chi connectivity index (χ4n) is 2.97. The number of carbonyl (C=O) groups is 1. The molecule has 0 spiro atoms. The van der Waals surface area contributed by atoms with Crippen LogP contribution in [-0.2, 0) is 17.4 Å². The number of nitrogens with two attached hydrogens (primary N) is 1. The summed E-state index contributed by atoms with van der Waals surface area (Å²) in [6, 6.07) is 5.24. The van der Waals surface area contributed by atoms with Gasteiger partial charge in [-0.25, -0.2) is 0 Å². The topological polar surface area (TPSA) is 46.3 Å². The highest BCUT2D eigenvalue weighted by Gasteiger charge is 2.32. The van der Waals surface area contributed by atoms with Gasteiger partial charge in [-0.3, -0.25) is 4.79 Å². The van der Waals surface area contributed by atoms with Gasteiger partial charge in [0.05, 0.1) is 5.56 Å². The van der Waals surface area contributed by atoms with Gasteiger partial charge in [0, 0.05) is 25.0 Å². The van der Waals surface area contributed by atoms with E-state index in [2.05, 4.69) is 0 Å². The third-order valence-corrected chi connectivity index (χ3v) is 4.15. The van der Waals surface area contributed by atoms with Gasteiger partial charge in [0.25, 0.3) is 0 Å². The lowest BCUT2D eigenvalue weighted by Gasteiger charge is -2.26. The maximum absolute atomic E-state index is 12.7. The lowest BCUT2D eigenvalue weighted by molar-refractivity contribution is -0.137. The van der Waals surface area contributed by atoms with E-state index in [1.165, 1.54) is 6.07 Å². The summed E-state index contributed by atoms with van der Waals surface area (Å²) in [7, 11) is 0. The summed E-state index contributed by atoms with van der Waals surface area (Å²) in [5.41, 5.74) is 5.52. The van der Waals surface area contributed by atoms with Crippen molar-refractivity contribution in [1.82, 2.24) is 4.90 Å². The van der Waals surface area contributed by atoms with Gasteiger partial charge < -0.3 is 10.6 Å². The van der Waals surface area contributed by atoms with Crippen LogP contribution < -0.4 is 5.73 Å². The Labute approximate surface area is 140 Å². The maximum atomic E-state index is 12.7. The molecule has 0 aromatic heterocycles. The largest absolute Gasteiger partial charge is 0.416 e. The third-order valence-electron chi connectivity index (χ3n) is 4.15. The van der Waals surface area contributed by atoms with E-state index in [4.69, 9.17) is 5.73 Å². The van der Waals surface area contributed by atoms with Gasteiger partial charge in [0.2, 0.25) is 5.91 Å². The zero-order chi connectivity index (χ0) is 16.3. The van der Waals surface area contributed by atoms with Crippen molar-refractivity contribution in [1.29, 1.82) is 0 Å². The number of amides is 1. The Morgan fingerprint density at radius 1 is 1.43 bits per heavy atom. The number of likely N-dealkylation sites (tertiary alicyclic amines) is 1. The van der Waals surface area contributed by atoms with Gasteiger partial charge in [0.15, 0.2) is 0 Å². The van der Waals surface area contributed by atoms with Crippen molar-refractivity contribution in [3.05, 3.63) is 35.4 Å². The standard InChI is InChI=1S/C16H21F3N2O.ClH/c1-11(15(22)21-7-3-6-14(21)10-20)8-12-4-2-5-13(9-12)16(17,18)19;/h2,4-5,9,11,14H,3,6-8,10,20H2,1H3;1H. The van der Waals surface area contributed by atoms with Gasteiger partial charge in [-0.15, -0.1) is 12.4 Å². The van der Waals surface area contributed by atoms with E-state index < -0.39 is 11.7 Å². The number of nitrogens with zero attached hydrogens (tertiary/aromatic N) is 1. The fraction of sp³-hybridized carbons (Fsp3) is 0.562.